The van der Waals surface area contributed by atoms with Gasteiger partial charge in [0.1, 0.15) is 5.82 Å². The summed E-state index contributed by atoms with van der Waals surface area (Å²) in [5.74, 6) is 4.89. The Balaban J connectivity index is 1.92. The van der Waals surface area contributed by atoms with Crippen LogP contribution in [0.4, 0.5) is 0 Å². The van der Waals surface area contributed by atoms with Gasteiger partial charge < -0.3 is 9.88 Å². The fraction of sp³-hybridized carbons (Fsp3) is 0.824. The van der Waals surface area contributed by atoms with E-state index < -0.39 is 0 Å². The lowest BCUT2D eigenvalue weighted by Gasteiger charge is -2.27. The summed E-state index contributed by atoms with van der Waals surface area (Å²) in [7, 11) is 0. The zero-order chi connectivity index (χ0) is 14.9. The minimum atomic E-state index is 0.594. The van der Waals surface area contributed by atoms with Gasteiger partial charge in [0.15, 0.2) is 0 Å². The van der Waals surface area contributed by atoms with Gasteiger partial charge in [-0.15, -0.1) is 0 Å². The molecule has 4 heteroatoms. The number of nitrogens with zero attached hydrogens (tertiary/aromatic N) is 2. The Labute approximate surface area is 134 Å². The van der Waals surface area contributed by atoms with Crippen LogP contribution in [0.2, 0.25) is 0 Å². The van der Waals surface area contributed by atoms with Crippen LogP contribution in [0.15, 0.2) is 12.4 Å². The summed E-state index contributed by atoms with van der Waals surface area (Å²) in [5, 5.41) is 3.76. The number of hydrogen-bond donors (Lipinski definition) is 1. The Morgan fingerprint density at radius 3 is 2.86 bits per heavy atom. The monoisotopic (exact) mass is 309 g/mol. The van der Waals surface area contributed by atoms with Crippen molar-refractivity contribution in [3.63, 3.8) is 0 Å². The van der Waals surface area contributed by atoms with Gasteiger partial charge in [0, 0.05) is 31.4 Å². The van der Waals surface area contributed by atoms with E-state index in [0.717, 1.165) is 25.4 Å². The molecule has 1 aliphatic rings. The first kappa shape index (κ1) is 16.9. The average molecular weight is 310 g/mol. The number of rotatable bonds is 9. The van der Waals surface area contributed by atoms with Crippen LogP contribution in [-0.4, -0.2) is 33.6 Å². The first-order chi connectivity index (χ1) is 10.3. The zero-order valence-electron chi connectivity index (χ0n) is 13.7. The summed E-state index contributed by atoms with van der Waals surface area (Å²) < 4.78 is 2.33. The van der Waals surface area contributed by atoms with Gasteiger partial charge in [-0.3, -0.25) is 0 Å². The van der Waals surface area contributed by atoms with Crippen molar-refractivity contribution >= 4 is 11.8 Å². The van der Waals surface area contributed by atoms with Crippen LogP contribution in [0.3, 0.4) is 0 Å². The molecule has 0 saturated carbocycles. The number of thioether (sulfide) groups is 1. The normalized spacial score (nSPS) is 18.0. The molecule has 1 N–H and O–H groups in total. The summed E-state index contributed by atoms with van der Waals surface area (Å²) in [5.41, 5.74) is 0. The molecule has 1 fully saturated rings. The van der Waals surface area contributed by atoms with Crippen LogP contribution < -0.4 is 5.32 Å². The van der Waals surface area contributed by atoms with E-state index in [2.05, 4.69) is 46.7 Å². The van der Waals surface area contributed by atoms with Crippen molar-refractivity contribution in [2.75, 3.05) is 18.1 Å². The van der Waals surface area contributed by atoms with E-state index in [4.69, 9.17) is 0 Å². The molecule has 1 aromatic rings. The lowest BCUT2D eigenvalue weighted by Crippen LogP contribution is -2.35. The first-order valence-electron chi connectivity index (χ1n) is 8.64. The predicted molar refractivity (Wildman–Crippen MR) is 93.0 cm³/mol. The number of aryl methyl sites for hydroxylation is 1. The average Bonchev–Trinajstić information content (AvgIpc) is 2.93. The van der Waals surface area contributed by atoms with E-state index in [9.17, 15) is 0 Å². The van der Waals surface area contributed by atoms with Crippen LogP contribution >= 0.6 is 11.8 Å². The van der Waals surface area contributed by atoms with E-state index in [1.54, 1.807) is 0 Å². The minimum Gasteiger partial charge on any atom is -0.335 e. The molecule has 120 valence electrons. The summed E-state index contributed by atoms with van der Waals surface area (Å²) >= 11 is 2.12. The molecule has 0 aliphatic carbocycles. The maximum Gasteiger partial charge on any atom is 0.110 e. The molecule has 0 spiro atoms. The van der Waals surface area contributed by atoms with Crippen molar-refractivity contribution in [1.82, 2.24) is 14.9 Å². The van der Waals surface area contributed by atoms with E-state index in [-0.39, 0.29) is 0 Å². The Hall–Kier alpha value is -0.480. The SMILES string of the molecule is CCCNC(Cc1nccn1CCC)CC1CCSCC1. The van der Waals surface area contributed by atoms with Crippen LogP contribution in [0.25, 0.3) is 0 Å². The number of nitrogens with one attached hydrogen (secondary N) is 1. The number of aromatic nitrogens is 2. The van der Waals surface area contributed by atoms with Gasteiger partial charge in [-0.25, -0.2) is 4.98 Å². The van der Waals surface area contributed by atoms with Crippen LogP contribution in [-0.2, 0) is 13.0 Å². The van der Waals surface area contributed by atoms with Crippen molar-refractivity contribution in [2.45, 2.75) is 65.0 Å². The van der Waals surface area contributed by atoms with Crippen LogP contribution in [0, 0.1) is 5.92 Å². The molecule has 0 aromatic carbocycles. The fourth-order valence-electron chi connectivity index (χ4n) is 3.17. The molecule has 21 heavy (non-hydrogen) atoms. The Morgan fingerprint density at radius 1 is 1.33 bits per heavy atom. The summed E-state index contributed by atoms with van der Waals surface area (Å²) in [6.07, 6.45) is 11.7. The first-order valence-corrected chi connectivity index (χ1v) is 9.80. The lowest BCUT2D eigenvalue weighted by molar-refractivity contribution is 0.356. The van der Waals surface area contributed by atoms with E-state index in [1.165, 1.54) is 49.4 Å². The zero-order valence-corrected chi connectivity index (χ0v) is 14.5. The quantitative estimate of drug-likeness (QED) is 0.753. The minimum absolute atomic E-state index is 0.594. The highest BCUT2D eigenvalue weighted by atomic mass is 32.2. The third-order valence-electron chi connectivity index (χ3n) is 4.34. The molecule has 3 nitrogen and oxygen atoms in total. The van der Waals surface area contributed by atoms with Crippen molar-refractivity contribution in [3.05, 3.63) is 18.2 Å². The molecule has 1 aromatic heterocycles. The molecule has 0 bridgehead atoms. The second-order valence-corrected chi connectivity index (χ2v) is 7.41. The topological polar surface area (TPSA) is 29.9 Å². The third-order valence-corrected chi connectivity index (χ3v) is 5.39. The Bertz CT molecular complexity index is 385. The molecule has 1 saturated heterocycles. The van der Waals surface area contributed by atoms with E-state index in [1.807, 2.05) is 6.20 Å². The second kappa shape index (κ2) is 9.52. The molecule has 2 rings (SSSR count). The van der Waals surface area contributed by atoms with E-state index >= 15 is 0 Å². The fourth-order valence-corrected chi connectivity index (χ4v) is 4.37. The summed E-state index contributed by atoms with van der Waals surface area (Å²) in [6, 6.07) is 0.594. The molecule has 1 aliphatic heterocycles. The third kappa shape index (κ3) is 5.67. The van der Waals surface area contributed by atoms with Gasteiger partial charge in [0.05, 0.1) is 0 Å². The highest BCUT2D eigenvalue weighted by Gasteiger charge is 2.20. The second-order valence-electron chi connectivity index (χ2n) is 6.18. The standard InChI is InChI=1S/C17H31N3S/c1-3-7-18-16(13-15-5-11-21-12-6-15)14-17-19-8-10-20(17)9-4-2/h8,10,15-16,18H,3-7,9,11-14H2,1-2H3. The Kier molecular flexibility index (Phi) is 7.65. The van der Waals surface area contributed by atoms with Crippen molar-refractivity contribution in [2.24, 2.45) is 5.92 Å². The van der Waals surface area contributed by atoms with Gasteiger partial charge in [-0.2, -0.15) is 11.8 Å². The molecular formula is C17H31N3S. The highest BCUT2D eigenvalue weighted by molar-refractivity contribution is 7.99. The molecule has 1 unspecified atom stereocenters. The van der Waals surface area contributed by atoms with Gasteiger partial charge in [0.2, 0.25) is 0 Å². The molecule has 2 heterocycles. The Morgan fingerprint density at radius 2 is 2.14 bits per heavy atom. The van der Waals surface area contributed by atoms with Crippen LogP contribution in [0.1, 0.15) is 51.8 Å². The summed E-state index contributed by atoms with van der Waals surface area (Å²) in [4.78, 5) is 4.59. The van der Waals surface area contributed by atoms with Crippen molar-refractivity contribution in [3.8, 4) is 0 Å². The van der Waals surface area contributed by atoms with Gasteiger partial charge in [-0.1, -0.05) is 13.8 Å². The maximum atomic E-state index is 4.59. The number of hydrogen-bond acceptors (Lipinski definition) is 3. The van der Waals surface area contributed by atoms with E-state index in [0.29, 0.717) is 6.04 Å². The van der Waals surface area contributed by atoms with Crippen molar-refractivity contribution in [1.29, 1.82) is 0 Å². The lowest BCUT2D eigenvalue weighted by atomic mass is 9.92. The largest absolute Gasteiger partial charge is 0.335 e. The smallest absolute Gasteiger partial charge is 0.110 e. The van der Waals surface area contributed by atoms with Crippen molar-refractivity contribution < 1.29 is 0 Å². The van der Waals surface area contributed by atoms with Crippen LogP contribution in [0.5, 0.6) is 0 Å². The maximum absolute atomic E-state index is 4.59. The number of imidazole rings is 1. The van der Waals surface area contributed by atoms with Gasteiger partial charge in [0.25, 0.3) is 0 Å². The highest BCUT2D eigenvalue weighted by Crippen LogP contribution is 2.27. The predicted octanol–water partition coefficient (Wildman–Crippen LogP) is 3.74. The van der Waals surface area contributed by atoms with Gasteiger partial charge >= 0.3 is 0 Å². The molecular weight excluding hydrogens is 278 g/mol. The van der Waals surface area contributed by atoms with Gasteiger partial charge in [-0.05, 0) is 56.1 Å². The molecule has 0 radical (unpaired) electrons. The molecule has 0 amide bonds. The summed E-state index contributed by atoms with van der Waals surface area (Å²) in [6.45, 7) is 6.70. The molecule has 1 atom stereocenters.